The van der Waals surface area contributed by atoms with Gasteiger partial charge in [0.05, 0.1) is 0 Å². The fraction of sp³-hybridized carbons (Fsp3) is 0.0769. The highest BCUT2D eigenvalue weighted by Gasteiger charge is 2.00. The van der Waals surface area contributed by atoms with Crippen LogP contribution in [0.25, 0.3) is 0 Å². The quantitative estimate of drug-likeness (QED) is 0.911. The van der Waals surface area contributed by atoms with Crippen molar-refractivity contribution in [1.29, 1.82) is 0 Å². The summed E-state index contributed by atoms with van der Waals surface area (Å²) in [5, 5.41) is 10.1. The summed E-state index contributed by atoms with van der Waals surface area (Å²) in [7, 11) is 0. The molecule has 2 rings (SSSR count). The van der Waals surface area contributed by atoms with Crippen LogP contribution in [0.3, 0.4) is 0 Å². The SMILES string of the molecule is Oc1cc(Br)cc(COc2cccc(Cl)c2)c1. The zero-order valence-electron chi connectivity index (χ0n) is 8.86. The second-order valence-corrected chi connectivity index (χ2v) is 4.92. The van der Waals surface area contributed by atoms with E-state index < -0.39 is 0 Å². The first-order valence-corrected chi connectivity index (χ1v) is 6.17. The van der Waals surface area contributed by atoms with Gasteiger partial charge in [0.15, 0.2) is 0 Å². The molecule has 0 unspecified atom stereocenters. The Hall–Kier alpha value is -1.19. The molecule has 0 saturated carbocycles. The molecule has 2 aromatic rings. The van der Waals surface area contributed by atoms with Gasteiger partial charge in [0.25, 0.3) is 0 Å². The predicted molar refractivity (Wildman–Crippen MR) is 71.6 cm³/mol. The highest BCUT2D eigenvalue weighted by molar-refractivity contribution is 9.10. The van der Waals surface area contributed by atoms with E-state index in [9.17, 15) is 5.11 Å². The highest BCUT2D eigenvalue weighted by atomic mass is 79.9. The molecule has 0 aliphatic carbocycles. The van der Waals surface area contributed by atoms with Gasteiger partial charge in [-0.25, -0.2) is 0 Å². The van der Waals surface area contributed by atoms with Crippen LogP contribution in [0.5, 0.6) is 11.5 Å². The number of rotatable bonds is 3. The van der Waals surface area contributed by atoms with E-state index in [0.717, 1.165) is 10.0 Å². The van der Waals surface area contributed by atoms with Crippen LogP contribution in [-0.4, -0.2) is 5.11 Å². The number of phenolic OH excluding ortho intramolecular Hbond substituents is 1. The first-order chi connectivity index (χ1) is 8.13. The monoisotopic (exact) mass is 312 g/mol. The van der Waals surface area contributed by atoms with Crippen LogP contribution in [0.1, 0.15) is 5.56 Å². The van der Waals surface area contributed by atoms with Gasteiger partial charge in [-0.1, -0.05) is 33.6 Å². The van der Waals surface area contributed by atoms with Gasteiger partial charge >= 0.3 is 0 Å². The number of hydrogen-bond acceptors (Lipinski definition) is 2. The van der Waals surface area contributed by atoms with E-state index in [2.05, 4.69) is 15.9 Å². The summed E-state index contributed by atoms with van der Waals surface area (Å²) in [6, 6.07) is 12.4. The summed E-state index contributed by atoms with van der Waals surface area (Å²) in [6.45, 7) is 0.382. The summed E-state index contributed by atoms with van der Waals surface area (Å²) < 4.78 is 6.39. The number of halogens is 2. The van der Waals surface area contributed by atoms with E-state index in [0.29, 0.717) is 17.4 Å². The van der Waals surface area contributed by atoms with Gasteiger partial charge in [-0.05, 0) is 42.0 Å². The molecule has 2 aromatic carbocycles. The molecule has 0 amide bonds. The second kappa shape index (κ2) is 5.43. The van der Waals surface area contributed by atoms with Gasteiger partial charge in [0.1, 0.15) is 18.1 Å². The van der Waals surface area contributed by atoms with Crippen LogP contribution in [0, 0.1) is 0 Å². The highest BCUT2D eigenvalue weighted by Crippen LogP contribution is 2.22. The lowest BCUT2D eigenvalue weighted by molar-refractivity contribution is 0.305. The molecule has 0 aromatic heterocycles. The molecular weight excluding hydrogens is 303 g/mol. The number of ether oxygens (including phenoxy) is 1. The maximum Gasteiger partial charge on any atom is 0.121 e. The van der Waals surface area contributed by atoms with Crippen molar-refractivity contribution >= 4 is 27.5 Å². The Kier molecular flexibility index (Phi) is 3.92. The number of aromatic hydroxyl groups is 1. The molecular formula is C13H10BrClO2. The third kappa shape index (κ3) is 3.65. The molecule has 0 saturated heterocycles. The summed E-state index contributed by atoms with van der Waals surface area (Å²) in [4.78, 5) is 0. The second-order valence-electron chi connectivity index (χ2n) is 3.56. The Morgan fingerprint density at radius 1 is 1.18 bits per heavy atom. The molecule has 17 heavy (non-hydrogen) atoms. The minimum Gasteiger partial charge on any atom is -0.508 e. The van der Waals surface area contributed by atoms with Crippen molar-refractivity contribution < 1.29 is 9.84 Å². The van der Waals surface area contributed by atoms with Gasteiger partial charge in [-0.2, -0.15) is 0 Å². The van der Waals surface area contributed by atoms with E-state index in [-0.39, 0.29) is 5.75 Å². The van der Waals surface area contributed by atoms with E-state index in [4.69, 9.17) is 16.3 Å². The zero-order chi connectivity index (χ0) is 12.3. The molecule has 0 spiro atoms. The molecule has 0 aliphatic rings. The molecule has 0 atom stereocenters. The Balaban J connectivity index is 2.07. The third-order valence-corrected chi connectivity index (χ3v) is 2.84. The average Bonchev–Trinajstić information content (AvgIpc) is 2.25. The van der Waals surface area contributed by atoms with Crippen molar-refractivity contribution in [2.24, 2.45) is 0 Å². The van der Waals surface area contributed by atoms with Crippen LogP contribution in [-0.2, 0) is 6.61 Å². The van der Waals surface area contributed by atoms with Gasteiger partial charge in [-0.3, -0.25) is 0 Å². The summed E-state index contributed by atoms with van der Waals surface area (Å²) in [5.74, 6) is 0.918. The number of hydrogen-bond donors (Lipinski definition) is 1. The number of phenols is 1. The summed E-state index contributed by atoms with van der Waals surface area (Å²) in [5.41, 5.74) is 0.886. The largest absolute Gasteiger partial charge is 0.508 e. The molecule has 88 valence electrons. The van der Waals surface area contributed by atoms with Crippen molar-refractivity contribution in [2.45, 2.75) is 6.61 Å². The normalized spacial score (nSPS) is 10.2. The summed E-state index contributed by atoms with van der Waals surface area (Å²) in [6.07, 6.45) is 0. The lowest BCUT2D eigenvalue weighted by Gasteiger charge is -2.07. The molecule has 0 fully saturated rings. The van der Waals surface area contributed by atoms with Gasteiger partial charge in [0, 0.05) is 9.50 Å². The van der Waals surface area contributed by atoms with Crippen molar-refractivity contribution in [2.75, 3.05) is 0 Å². The van der Waals surface area contributed by atoms with Gasteiger partial charge in [0.2, 0.25) is 0 Å². The molecule has 2 nitrogen and oxygen atoms in total. The molecule has 4 heteroatoms. The van der Waals surface area contributed by atoms with Crippen molar-refractivity contribution in [1.82, 2.24) is 0 Å². The molecule has 0 aliphatic heterocycles. The lowest BCUT2D eigenvalue weighted by atomic mass is 10.2. The fourth-order valence-corrected chi connectivity index (χ4v) is 2.15. The molecule has 0 bridgehead atoms. The van der Waals surface area contributed by atoms with E-state index in [1.807, 2.05) is 18.2 Å². The zero-order valence-corrected chi connectivity index (χ0v) is 11.2. The smallest absolute Gasteiger partial charge is 0.121 e. The van der Waals surface area contributed by atoms with Crippen LogP contribution >= 0.6 is 27.5 Å². The fourth-order valence-electron chi connectivity index (χ4n) is 1.44. The standard InChI is InChI=1S/C13H10BrClO2/c14-10-4-9(5-12(16)6-10)8-17-13-3-1-2-11(15)7-13/h1-7,16H,8H2. The Morgan fingerprint density at radius 3 is 2.71 bits per heavy atom. The van der Waals surface area contributed by atoms with Gasteiger partial charge < -0.3 is 9.84 Å². The first-order valence-electron chi connectivity index (χ1n) is 5.00. The maximum absolute atomic E-state index is 9.43. The minimum atomic E-state index is 0.212. The van der Waals surface area contributed by atoms with Gasteiger partial charge in [-0.15, -0.1) is 0 Å². The van der Waals surface area contributed by atoms with E-state index in [1.54, 1.807) is 24.3 Å². The van der Waals surface area contributed by atoms with Crippen LogP contribution in [0.15, 0.2) is 46.9 Å². The predicted octanol–water partition coefficient (Wildman–Crippen LogP) is 4.39. The molecule has 0 radical (unpaired) electrons. The Labute approximate surface area is 113 Å². The van der Waals surface area contributed by atoms with Crippen LogP contribution in [0.2, 0.25) is 5.02 Å². The Bertz CT molecular complexity index is 508. The molecule has 1 N–H and O–H groups in total. The van der Waals surface area contributed by atoms with Crippen LogP contribution < -0.4 is 4.74 Å². The van der Waals surface area contributed by atoms with E-state index in [1.165, 1.54) is 0 Å². The number of benzene rings is 2. The van der Waals surface area contributed by atoms with Crippen LogP contribution in [0.4, 0.5) is 0 Å². The molecule has 0 heterocycles. The first kappa shape index (κ1) is 12.3. The van der Waals surface area contributed by atoms with Crippen molar-refractivity contribution in [3.8, 4) is 11.5 Å². The van der Waals surface area contributed by atoms with Crippen molar-refractivity contribution in [3.63, 3.8) is 0 Å². The lowest BCUT2D eigenvalue weighted by Crippen LogP contribution is -1.95. The average molecular weight is 314 g/mol. The third-order valence-electron chi connectivity index (χ3n) is 2.14. The minimum absolute atomic E-state index is 0.212. The Morgan fingerprint density at radius 2 is 2.00 bits per heavy atom. The maximum atomic E-state index is 9.43. The summed E-state index contributed by atoms with van der Waals surface area (Å²) >= 11 is 9.16. The topological polar surface area (TPSA) is 29.5 Å². The van der Waals surface area contributed by atoms with Crippen molar-refractivity contribution in [3.05, 3.63) is 57.5 Å². The van der Waals surface area contributed by atoms with E-state index >= 15 is 0 Å².